The molecule has 7 nitrogen and oxygen atoms in total. The van der Waals surface area contributed by atoms with Crippen molar-refractivity contribution >= 4 is 22.6 Å². The Morgan fingerprint density at radius 1 is 1.32 bits per heavy atom. The minimum Gasteiger partial charge on any atom is -0.355 e. The minimum absolute atomic E-state index is 0.00244. The third-order valence-electron chi connectivity index (χ3n) is 8.51. The molecule has 1 saturated carbocycles. The number of amides is 1. The van der Waals surface area contributed by atoms with E-state index in [1.54, 1.807) is 0 Å². The first-order valence-electron chi connectivity index (χ1n) is 12.1. The molecule has 0 unspecified atom stereocenters. The maximum atomic E-state index is 12.0. The summed E-state index contributed by atoms with van der Waals surface area (Å²) in [5.74, 6) is 2.02. The van der Waals surface area contributed by atoms with Crippen molar-refractivity contribution in [3.8, 4) is 17.2 Å². The van der Waals surface area contributed by atoms with E-state index in [9.17, 15) is 10.1 Å². The average Bonchev–Trinajstić information content (AvgIpc) is 3.19. The van der Waals surface area contributed by atoms with E-state index in [1.807, 2.05) is 11.1 Å². The number of carbonyl (C=O) groups is 1. The smallest absolute Gasteiger partial charge is 0.245 e. The zero-order chi connectivity index (χ0) is 23.2. The molecule has 4 aliphatic rings. The molecular formula is C27H26N6O. The Balaban J connectivity index is 1.36. The van der Waals surface area contributed by atoms with Crippen LogP contribution in [0.4, 0.5) is 5.82 Å². The lowest BCUT2D eigenvalue weighted by Gasteiger charge is -2.47. The highest BCUT2D eigenvalue weighted by Crippen LogP contribution is 2.60. The number of anilines is 1. The first-order chi connectivity index (χ1) is 16.5. The summed E-state index contributed by atoms with van der Waals surface area (Å²) in [5, 5.41) is 19.0. The summed E-state index contributed by atoms with van der Waals surface area (Å²) in [6, 6.07) is 6.76. The molecule has 3 aromatic rings. The Hall–Kier alpha value is -3.66. The molecule has 2 aliphatic heterocycles. The summed E-state index contributed by atoms with van der Waals surface area (Å²) < 4.78 is 0. The lowest BCUT2D eigenvalue weighted by Crippen LogP contribution is -2.59. The summed E-state index contributed by atoms with van der Waals surface area (Å²) >= 11 is 0. The number of hydrogen-bond donors (Lipinski definition) is 1. The van der Waals surface area contributed by atoms with E-state index in [0.717, 1.165) is 72.4 Å². The van der Waals surface area contributed by atoms with Gasteiger partial charge in [-0.3, -0.25) is 9.89 Å². The number of nitrogens with one attached hydrogen (secondary N) is 1. The lowest BCUT2D eigenvalue weighted by atomic mass is 9.79. The normalized spacial score (nSPS) is 23.5. The SMILES string of the molecule is C=CC(=O)N1CC2(CCN(c3nc4c(c(-c5c(C)ccc6[nH]ncc56)c3C#N)[C@@H]3C[C@H]3C4)C2)C1. The fraction of sp³-hybridized carbons (Fsp3) is 0.407. The largest absolute Gasteiger partial charge is 0.355 e. The fourth-order valence-electron chi connectivity index (χ4n) is 6.74. The van der Waals surface area contributed by atoms with Crippen molar-refractivity contribution in [2.75, 3.05) is 31.1 Å². The van der Waals surface area contributed by atoms with Gasteiger partial charge in [0.1, 0.15) is 17.5 Å². The molecule has 1 amide bonds. The number of carbonyl (C=O) groups excluding carboxylic acids is 1. The van der Waals surface area contributed by atoms with Gasteiger partial charge in [0.25, 0.3) is 0 Å². The molecule has 7 rings (SSSR count). The fourth-order valence-corrected chi connectivity index (χ4v) is 6.74. The molecule has 4 heterocycles. The van der Waals surface area contributed by atoms with Gasteiger partial charge in [-0.25, -0.2) is 4.98 Å². The van der Waals surface area contributed by atoms with Crippen LogP contribution in [0.25, 0.3) is 22.0 Å². The van der Waals surface area contributed by atoms with E-state index in [-0.39, 0.29) is 11.3 Å². The molecule has 3 fully saturated rings. The molecule has 170 valence electrons. The molecular weight excluding hydrogens is 424 g/mol. The maximum absolute atomic E-state index is 12.0. The highest BCUT2D eigenvalue weighted by Gasteiger charge is 2.51. The van der Waals surface area contributed by atoms with Crippen molar-refractivity contribution in [3.05, 3.63) is 53.4 Å². The van der Waals surface area contributed by atoms with Gasteiger partial charge >= 0.3 is 0 Å². The van der Waals surface area contributed by atoms with E-state index in [0.29, 0.717) is 17.4 Å². The molecule has 2 atom stereocenters. The zero-order valence-electron chi connectivity index (χ0n) is 19.3. The molecule has 1 spiro atoms. The second-order valence-electron chi connectivity index (χ2n) is 10.6. The van der Waals surface area contributed by atoms with Crippen molar-refractivity contribution in [1.29, 1.82) is 5.26 Å². The van der Waals surface area contributed by atoms with Crippen molar-refractivity contribution in [1.82, 2.24) is 20.1 Å². The molecule has 2 saturated heterocycles. The van der Waals surface area contributed by atoms with Crippen molar-refractivity contribution in [3.63, 3.8) is 0 Å². The van der Waals surface area contributed by atoms with E-state index < -0.39 is 0 Å². The molecule has 2 aromatic heterocycles. The van der Waals surface area contributed by atoms with E-state index >= 15 is 0 Å². The minimum atomic E-state index is 0.00244. The maximum Gasteiger partial charge on any atom is 0.245 e. The number of pyridine rings is 1. The second kappa shape index (κ2) is 6.69. The van der Waals surface area contributed by atoms with Crippen LogP contribution in [-0.4, -0.2) is 52.2 Å². The average molecular weight is 451 g/mol. The Bertz CT molecular complexity index is 1440. The summed E-state index contributed by atoms with van der Waals surface area (Å²) in [6.45, 7) is 8.94. The summed E-state index contributed by atoms with van der Waals surface area (Å²) in [4.78, 5) is 21.3. The Kier molecular flexibility index (Phi) is 3.89. The Morgan fingerprint density at radius 2 is 2.18 bits per heavy atom. The molecule has 7 heteroatoms. The van der Waals surface area contributed by atoms with Gasteiger partial charge in [0, 0.05) is 48.2 Å². The van der Waals surface area contributed by atoms with E-state index in [4.69, 9.17) is 4.98 Å². The predicted octanol–water partition coefficient (Wildman–Crippen LogP) is 3.69. The number of nitriles is 1. The molecule has 1 N–H and O–H groups in total. The van der Waals surface area contributed by atoms with E-state index in [1.165, 1.54) is 23.8 Å². The lowest BCUT2D eigenvalue weighted by molar-refractivity contribution is -0.136. The van der Waals surface area contributed by atoms with Crippen LogP contribution in [-0.2, 0) is 11.2 Å². The van der Waals surface area contributed by atoms with Crippen LogP contribution in [0.1, 0.15) is 41.1 Å². The molecule has 0 bridgehead atoms. The molecule has 0 radical (unpaired) electrons. The van der Waals surface area contributed by atoms with Crippen LogP contribution < -0.4 is 4.90 Å². The first-order valence-corrected chi connectivity index (χ1v) is 12.1. The summed E-state index contributed by atoms with van der Waals surface area (Å²) in [6.07, 6.45) is 6.49. The molecule has 34 heavy (non-hydrogen) atoms. The number of aromatic amines is 1. The van der Waals surface area contributed by atoms with Crippen LogP contribution in [0.15, 0.2) is 31.0 Å². The molecule has 2 aliphatic carbocycles. The quantitative estimate of drug-likeness (QED) is 0.615. The topological polar surface area (TPSA) is 88.9 Å². The monoisotopic (exact) mass is 450 g/mol. The zero-order valence-corrected chi connectivity index (χ0v) is 19.3. The van der Waals surface area contributed by atoms with Gasteiger partial charge in [0.2, 0.25) is 5.91 Å². The third kappa shape index (κ3) is 2.60. The van der Waals surface area contributed by atoms with E-state index in [2.05, 4.69) is 46.8 Å². The van der Waals surface area contributed by atoms with Crippen LogP contribution in [0.5, 0.6) is 0 Å². The number of fused-ring (bicyclic) bond motifs is 4. The van der Waals surface area contributed by atoms with Crippen molar-refractivity contribution < 1.29 is 4.79 Å². The Labute approximate surface area is 198 Å². The van der Waals surface area contributed by atoms with Crippen molar-refractivity contribution in [2.24, 2.45) is 11.3 Å². The van der Waals surface area contributed by atoms with Crippen molar-refractivity contribution in [2.45, 2.75) is 32.1 Å². The van der Waals surface area contributed by atoms with Gasteiger partial charge in [-0.05, 0) is 66.9 Å². The predicted molar refractivity (Wildman–Crippen MR) is 129 cm³/mol. The number of hydrogen-bond acceptors (Lipinski definition) is 5. The summed E-state index contributed by atoms with van der Waals surface area (Å²) in [5.41, 5.74) is 7.59. The number of likely N-dealkylation sites (tertiary alicyclic amines) is 1. The number of benzene rings is 1. The number of H-pyrrole nitrogens is 1. The number of aryl methyl sites for hydroxylation is 1. The number of rotatable bonds is 3. The molecule has 1 aromatic carbocycles. The van der Waals surface area contributed by atoms with Crippen LogP contribution in [0.2, 0.25) is 0 Å². The van der Waals surface area contributed by atoms with Gasteiger partial charge in [-0.1, -0.05) is 12.6 Å². The third-order valence-corrected chi connectivity index (χ3v) is 8.51. The highest BCUT2D eigenvalue weighted by molar-refractivity contribution is 6.00. The highest BCUT2D eigenvalue weighted by atomic mass is 16.2. The number of nitrogens with zero attached hydrogens (tertiary/aromatic N) is 5. The standard InChI is InChI=1S/C27H26N6O/c1-3-22(34)33-13-27(14-33)6-7-32(12-27)26-18(10-28)25(24-17-8-16(17)9-21(24)30-26)23-15(2)4-5-20-19(23)11-29-31-20/h3-5,11,16-17H,1,6-9,12-14H2,2H3,(H,29,31)/t16-,17+/m0/s1. The van der Waals surface area contributed by atoms with Crippen LogP contribution in [0, 0.1) is 29.6 Å². The summed E-state index contributed by atoms with van der Waals surface area (Å²) in [7, 11) is 0. The Morgan fingerprint density at radius 3 is 2.97 bits per heavy atom. The van der Waals surface area contributed by atoms with Gasteiger partial charge in [0.15, 0.2) is 0 Å². The van der Waals surface area contributed by atoms with Gasteiger partial charge in [-0.2, -0.15) is 10.4 Å². The van der Waals surface area contributed by atoms with Crippen LogP contribution in [0.3, 0.4) is 0 Å². The van der Waals surface area contributed by atoms with Gasteiger partial charge in [-0.15, -0.1) is 0 Å². The van der Waals surface area contributed by atoms with Gasteiger partial charge < -0.3 is 9.80 Å². The first kappa shape index (κ1) is 19.8. The van der Waals surface area contributed by atoms with Crippen LogP contribution >= 0.6 is 0 Å². The second-order valence-corrected chi connectivity index (χ2v) is 10.6. The number of aromatic nitrogens is 3. The van der Waals surface area contributed by atoms with Gasteiger partial charge in [0.05, 0.1) is 11.7 Å².